The van der Waals surface area contributed by atoms with E-state index in [1.165, 1.54) is 29.1 Å². The summed E-state index contributed by atoms with van der Waals surface area (Å²) in [4.78, 5) is 4.07. The molecule has 0 amide bonds. The largest absolute Gasteiger partial charge is 0.384 e. The molecule has 0 aromatic carbocycles. The first kappa shape index (κ1) is 13.3. The SMILES string of the molecule is CCN(CC1CCC1)S(=O)(=O)c1ccc(N)nc1. The van der Waals surface area contributed by atoms with Crippen molar-refractivity contribution in [2.24, 2.45) is 5.92 Å². The molecular formula is C12H19N3O2S. The summed E-state index contributed by atoms with van der Waals surface area (Å²) < 4.78 is 26.3. The molecule has 5 nitrogen and oxygen atoms in total. The number of hydrogen-bond acceptors (Lipinski definition) is 4. The van der Waals surface area contributed by atoms with Crippen LogP contribution in [0.1, 0.15) is 26.2 Å². The number of rotatable bonds is 5. The third-order valence-corrected chi connectivity index (χ3v) is 5.36. The Labute approximate surface area is 108 Å². The normalized spacial score (nSPS) is 16.8. The minimum Gasteiger partial charge on any atom is -0.384 e. The van der Waals surface area contributed by atoms with Crippen LogP contribution in [-0.2, 0) is 10.0 Å². The Morgan fingerprint density at radius 1 is 1.44 bits per heavy atom. The van der Waals surface area contributed by atoms with Crippen LogP contribution in [0.15, 0.2) is 23.2 Å². The molecule has 18 heavy (non-hydrogen) atoms. The van der Waals surface area contributed by atoms with Crippen LogP contribution in [0.2, 0.25) is 0 Å². The molecule has 1 saturated carbocycles. The van der Waals surface area contributed by atoms with Crippen molar-refractivity contribution in [1.82, 2.24) is 9.29 Å². The molecule has 2 rings (SSSR count). The highest BCUT2D eigenvalue weighted by Gasteiger charge is 2.28. The van der Waals surface area contributed by atoms with E-state index in [2.05, 4.69) is 4.98 Å². The first-order chi connectivity index (χ1) is 8.54. The lowest BCUT2D eigenvalue weighted by Crippen LogP contribution is -2.37. The molecule has 0 aliphatic heterocycles. The zero-order valence-corrected chi connectivity index (χ0v) is 11.4. The first-order valence-electron chi connectivity index (χ1n) is 6.25. The van der Waals surface area contributed by atoms with Gasteiger partial charge in [0.2, 0.25) is 10.0 Å². The first-order valence-corrected chi connectivity index (χ1v) is 7.69. The van der Waals surface area contributed by atoms with Gasteiger partial charge in [-0.15, -0.1) is 0 Å². The molecule has 0 radical (unpaired) electrons. The number of aromatic nitrogens is 1. The summed E-state index contributed by atoms with van der Waals surface area (Å²) in [6, 6.07) is 3.03. The molecule has 1 aliphatic rings. The van der Waals surface area contributed by atoms with Crippen LogP contribution in [0.3, 0.4) is 0 Å². The molecular weight excluding hydrogens is 250 g/mol. The van der Waals surface area contributed by atoms with E-state index >= 15 is 0 Å². The Balaban J connectivity index is 2.18. The third-order valence-electron chi connectivity index (χ3n) is 3.44. The molecule has 0 saturated heterocycles. The molecule has 0 atom stereocenters. The summed E-state index contributed by atoms with van der Waals surface area (Å²) in [6.45, 7) is 2.97. The highest BCUT2D eigenvalue weighted by atomic mass is 32.2. The quantitative estimate of drug-likeness (QED) is 0.878. The Hall–Kier alpha value is -1.14. The molecule has 0 bridgehead atoms. The second-order valence-electron chi connectivity index (χ2n) is 4.67. The predicted octanol–water partition coefficient (Wildman–Crippen LogP) is 1.47. The van der Waals surface area contributed by atoms with Crippen LogP contribution in [0.25, 0.3) is 0 Å². The van der Waals surface area contributed by atoms with Gasteiger partial charge in [-0.3, -0.25) is 0 Å². The van der Waals surface area contributed by atoms with Gasteiger partial charge >= 0.3 is 0 Å². The minimum absolute atomic E-state index is 0.220. The van der Waals surface area contributed by atoms with E-state index in [1.54, 1.807) is 0 Å². The van der Waals surface area contributed by atoms with Crippen molar-refractivity contribution in [2.45, 2.75) is 31.1 Å². The topological polar surface area (TPSA) is 76.3 Å². The highest BCUT2D eigenvalue weighted by Crippen LogP contribution is 2.29. The monoisotopic (exact) mass is 269 g/mol. The molecule has 0 spiro atoms. The van der Waals surface area contributed by atoms with Gasteiger partial charge in [-0.1, -0.05) is 13.3 Å². The predicted molar refractivity (Wildman–Crippen MR) is 70.4 cm³/mol. The molecule has 100 valence electrons. The van der Waals surface area contributed by atoms with Crippen LogP contribution in [0, 0.1) is 5.92 Å². The standard InChI is InChI=1S/C12H19N3O2S/c1-2-15(9-10-4-3-5-10)18(16,17)11-6-7-12(13)14-8-11/h6-8,10H,2-5,9H2,1H3,(H2,13,14). The number of hydrogen-bond donors (Lipinski definition) is 1. The molecule has 2 N–H and O–H groups in total. The molecule has 1 aromatic rings. The average Bonchev–Trinajstić information content (AvgIpc) is 2.28. The Morgan fingerprint density at radius 2 is 2.17 bits per heavy atom. The van der Waals surface area contributed by atoms with Crippen LogP contribution in [0.5, 0.6) is 0 Å². The maximum atomic E-state index is 12.4. The number of anilines is 1. The lowest BCUT2D eigenvalue weighted by molar-refractivity contribution is 0.250. The molecule has 1 aromatic heterocycles. The van der Waals surface area contributed by atoms with E-state index in [9.17, 15) is 8.42 Å². The summed E-state index contributed by atoms with van der Waals surface area (Å²) in [7, 11) is -3.42. The van der Waals surface area contributed by atoms with E-state index in [4.69, 9.17) is 5.73 Å². The molecule has 1 aliphatic carbocycles. The lowest BCUT2D eigenvalue weighted by Gasteiger charge is -2.31. The van der Waals surface area contributed by atoms with Crippen molar-refractivity contribution < 1.29 is 8.42 Å². The Morgan fingerprint density at radius 3 is 2.61 bits per heavy atom. The van der Waals surface area contributed by atoms with Gasteiger partial charge in [-0.2, -0.15) is 4.31 Å². The van der Waals surface area contributed by atoms with Crippen molar-refractivity contribution in [3.8, 4) is 0 Å². The molecule has 1 fully saturated rings. The summed E-state index contributed by atoms with van der Waals surface area (Å²) in [6.07, 6.45) is 4.80. The van der Waals surface area contributed by atoms with Gasteiger partial charge in [0.1, 0.15) is 10.7 Å². The fraction of sp³-hybridized carbons (Fsp3) is 0.583. The van der Waals surface area contributed by atoms with E-state index < -0.39 is 10.0 Å². The molecule has 6 heteroatoms. The lowest BCUT2D eigenvalue weighted by atomic mass is 9.85. The van der Waals surface area contributed by atoms with E-state index in [0.29, 0.717) is 24.8 Å². The van der Waals surface area contributed by atoms with Crippen LogP contribution in [0.4, 0.5) is 5.82 Å². The van der Waals surface area contributed by atoms with Crippen molar-refractivity contribution in [3.05, 3.63) is 18.3 Å². The number of nitrogens with zero attached hydrogens (tertiary/aromatic N) is 2. The van der Waals surface area contributed by atoms with Crippen LogP contribution < -0.4 is 5.73 Å². The van der Waals surface area contributed by atoms with Crippen molar-refractivity contribution in [1.29, 1.82) is 0 Å². The van der Waals surface area contributed by atoms with E-state index in [0.717, 1.165) is 12.8 Å². The number of pyridine rings is 1. The summed E-state index contributed by atoms with van der Waals surface area (Å²) >= 11 is 0. The van der Waals surface area contributed by atoms with Crippen molar-refractivity contribution in [3.63, 3.8) is 0 Å². The minimum atomic E-state index is -3.42. The van der Waals surface area contributed by atoms with Crippen LogP contribution >= 0.6 is 0 Å². The summed E-state index contributed by atoms with van der Waals surface area (Å²) in [5.74, 6) is 0.845. The van der Waals surface area contributed by atoms with Gasteiger partial charge in [-0.05, 0) is 30.9 Å². The van der Waals surface area contributed by atoms with Gasteiger partial charge in [-0.25, -0.2) is 13.4 Å². The van der Waals surface area contributed by atoms with Gasteiger partial charge in [0.05, 0.1) is 0 Å². The second-order valence-corrected chi connectivity index (χ2v) is 6.61. The second kappa shape index (κ2) is 5.24. The van der Waals surface area contributed by atoms with Crippen molar-refractivity contribution in [2.75, 3.05) is 18.8 Å². The third kappa shape index (κ3) is 2.64. The smallest absolute Gasteiger partial charge is 0.244 e. The zero-order valence-electron chi connectivity index (χ0n) is 10.5. The number of sulfonamides is 1. The van der Waals surface area contributed by atoms with Gasteiger partial charge in [0.15, 0.2) is 0 Å². The van der Waals surface area contributed by atoms with Gasteiger partial charge in [0.25, 0.3) is 0 Å². The fourth-order valence-electron chi connectivity index (χ4n) is 2.05. The fourth-order valence-corrected chi connectivity index (χ4v) is 3.52. The maximum Gasteiger partial charge on any atom is 0.244 e. The van der Waals surface area contributed by atoms with E-state index in [-0.39, 0.29) is 4.90 Å². The number of nitrogens with two attached hydrogens (primary N) is 1. The average molecular weight is 269 g/mol. The molecule has 0 unspecified atom stereocenters. The van der Waals surface area contributed by atoms with Gasteiger partial charge < -0.3 is 5.73 Å². The van der Waals surface area contributed by atoms with Crippen molar-refractivity contribution >= 4 is 15.8 Å². The molecule has 1 heterocycles. The zero-order chi connectivity index (χ0) is 13.2. The Kier molecular flexibility index (Phi) is 3.87. The highest BCUT2D eigenvalue weighted by molar-refractivity contribution is 7.89. The summed E-state index contributed by atoms with van der Waals surface area (Å²) in [5.41, 5.74) is 5.47. The van der Waals surface area contributed by atoms with Gasteiger partial charge in [0, 0.05) is 19.3 Å². The summed E-state index contributed by atoms with van der Waals surface area (Å²) in [5, 5.41) is 0. The number of nitrogen functional groups attached to an aromatic ring is 1. The van der Waals surface area contributed by atoms with Crippen LogP contribution in [-0.4, -0.2) is 30.8 Å². The van der Waals surface area contributed by atoms with E-state index in [1.807, 2.05) is 6.92 Å². The maximum absolute atomic E-state index is 12.4. The Bertz CT molecular complexity index is 495.